The summed E-state index contributed by atoms with van der Waals surface area (Å²) in [6.45, 7) is 3.90. The molecule has 1 aromatic heterocycles. The van der Waals surface area contributed by atoms with Crippen LogP contribution in [0, 0.1) is 5.41 Å². The zero-order valence-electron chi connectivity index (χ0n) is 19.2. The Labute approximate surface area is 203 Å². The van der Waals surface area contributed by atoms with Crippen LogP contribution in [-0.2, 0) is 11.3 Å². The Hall–Kier alpha value is -1.58. The maximum atomic E-state index is 12.8. The quantitative estimate of drug-likeness (QED) is 0.297. The lowest BCUT2D eigenvalue weighted by atomic mass is 9.84. The molecule has 0 radical (unpaired) electrons. The second-order valence-corrected chi connectivity index (χ2v) is 8.73. The van der Waals surface area contributed by atoms with Gasteiger partial charge in [-0.2, -0.15) is 0 Å². The van der Waals surface area contributed by atoms with Crippen molar-refractivity contribution < 1.29 is 9.53 Å². The van der Waals surface area contributed by atoms with E-state index in [0.29, 0.717) is 19.0 Å². The molecule has 0 aromatic carbocycles. The maximum Gasteiger partial charge on any atom is 0.230 e. The monoisotopic (exact) mass is 543 g/mol. The van der Waals surface area contributed by atoms with E-state index in [1.165, 1.54) is 12.8 Å². The predicted octanol–water partition coefficient (Wildman–Crippen LogP) is 3.72. The molecule has 8 heteroatoms. The van der Waals surface area contributed by atoms with E-state index in [4.69, 9.17) is 9.73 Å². The van der Waals surface area contributed by atoms with E-state index in [9.17, 15) is 4.79 Å². The molecule has 1 amide bonds. The van der Waals surface area contributed by atoms with Gasteiger partial charge in [0.25, 0.3) is 0 Å². The first-order valence-electron chi connectivity index (χ1n) is 11.4. The van der Waals surface area contributed by atoms with E-state index < -0.39 is 0 Å². The van der Waals surface area contributed by atoms with Gasteiger partial charge in [-0.3, -0.25) is 4.79 Å². The van der Waals surface area contributed by atoms with Crippen molar-refractivity contribution in [1.82, 2.24) is 20.5 Å². The Morgan fingerprint density at radius 3 is 2.58 bits per heavy atom. The van der Waals surface area contributed by atoms with Gasteiger partial charge >= 0.3 is 0 Å². The number of guanidine groups is 1. The van der Waals surface area contributed by atoms with E-state index in [2.05, 4.69) is 15.6 Å². The van der Waals surface area contributed by atoms with Gasteiger partial charge in [0.05, 0.1) is 12.0 Å². The number of nitrogens with zero attached hydrogens (tertiary/aromatic N) is 3. The number of carbonyl (C=O) groups is 1. The number of rotatable bonds is 8. The lowest BCUT2D eigenvalue weighted by Crippen LogP contribution is -2.49. The number of carbonyl (C=O) groups excluding carboxylic acids is 1. The van der Waals surface area contributed by atoms with Crippen LogP contribution in [0.5, 0.6) is 5.88 Å². The van der Waals surface area contributed by atoms with Gasteiger partial charge in [-0.05, 0) is 51.5 Å². The molecule has 3 rings (SSSR count). The third-order valence-electron chi connectivity index (χ3n) is 6.20. The first kappa shape index (κ1) is 25.7. The number of nitrogens with one attached hydrogen (secondary N) is 2. The van der Waals surface area contributed by atoms with Gasteiger partial charge < -0.3 is 20.3 Å². The first-order chi connectivity index (χ1) is 14.5. The van der Waals surface area contributed by atoms with E-state index in [0.717, 1.165) is 56.6 Å². The number of hydrogen-bond acceptors (Lipinski definition) is 4. The summed E-state index contributed by atoms with van der Waals surface area (Å²) >= 11 is 0. The second-order valence-electron chi connectivity index (χ2n) is 8.73. The van der Waals surface area contributed by atoms with Crippen molar-refractivity contribution in [3.63, 3.8) is 0 Å². The summed E-state index contributed by atoms with van der Waals surface area (Å²) in [4.78, 5) is 23.8. The fraction of sp³-hybridized carbons (Fsp3) is 0.696. The number of halogens is 1. The van der Waals surface area contributed by atoms with Crippen molar-refractivity contribution in [2.45, 2.75) is 70.9 Å². The minimum atomic E-state index is -0.329. The van der Waals surface area contributed by atoms with E-state index >= 15 is 0 Å². The van der Waals surface area contributed by atoms with Gasteiger partial charge in [0.1, 0.15) is 6.10 Å². The number of amides is 1. The third kappa shape index (κ3) is 6.95. The molecule has 0 spiro atoms. The van der Waals surface area contributed by atoms with Crippen molar-refractivity contribution in [2.75, 3.05) is 27.2 Å². The van der Waals surface area contributed by atoms with Crippen LogP contribution in [0.2, 0.25) is 0 Å². The van der Waals surface area contributed by atoms with Crippen LogP contribution in [0.15, 0.2) is 23.3 Å². The molecule has 174 valence electrons. The minimum Gasteiger partial charge on any atom is -0.474 e. The summed E-state index contributed by atoms with van der Waals surface area (Å²) < 4.78 is 6.14. The number of aliphatic imine (C=N–C) groups is 1. The summed E-state index contributed by atoms with van der Waals surface area (Å²) in [6, 6.07) is 3.95. The zero-order chi connectivity index (χ0) is 21.4. The fourth-order valence-electron chi connectivity index (χ4n) is 4.57. The molecule has 2 N–H and O–H groups in total. The molecule has 1 aromatic rings. The van der Waals surface area contributed by atoms with Crippen molar-refractivity contribution in [3.05, 3.63) is 23.9 Å². The highest BCUT2D eigenvalue weighted by Crippen LogP contribution is 2.38. The Balaban J connectivity index is 0.00000341. The summed E-state index contributed by atoms with van der Waals surface area (Å²) in [5.74, 6) is 1.63. The SMILES string of the molecule is CCNC(=NCc1cccnc1OC1CCCC1)NCC1(C(=O)N(C)C)CCCC1.I. The topological polar surface area (TPSA) is 78.9 Å². The second kappa shape index (κ2) is 12.5. The molecule has 2 aliphatic carbocycles. The highest BCUT2D eigenvalue weighted by molar-refractivity contribution is 14.0. The third-order valence-corrected chi connectivity index (χ3v) is 6.20. The molecule has 0 saturated heterocycles. The highest BCUT2D eigenvalue weighted by atomic mass is 127. The molecule has 31 heavy (non-hydrogen) atoms. The molecule has 7 nitrogen and oxygen atoms in total. The highest BCUT2D eigenvalue weighted by Gasteiger charge is 2.42. The largest absolute Gasteiger partial charge is 0.474 e. The van der Waals surface area contributed by atoms with Crippen molar-refractivity contribution in [3.8, 4) is 5.88 Å². The molecule has 1 heterocycles. The average molecular weight is 543 g/mol. The van der Waals surface area contributed by atoms with Gasteiger partial charge in [0.15, 0.2) is 5.96 Å². The van der Waals surface area contributed by atoms with Crippen LogP contribution in [0.4, 0.5) is 0 Å². The molecular formula is C23H38IN5O2. The van der Waals surface area contributed by atoms with E-state index in [-0.39, 0.29) is 41.4 Å². The number of pyridine rings is 1. The fourth-order valence-corrected chi connectivity index (χ4v) is 4.57. The molecule has 2 aliphatic rings. The van der Waals surface area contributed by atoms with Gasteiger partial charge in [-0.25, -0.2) is 9.98 Å². The lowest BCUT2D eigenvalue weighted by molar-refractivity contribution is -0.138. The Morgan fingerprint density at radius 1 is 1.23 bits per heavy atom. The van der Waals surface area contributed by atoms with E-state index in [1.807, 2.05) is 33.2 Å². The van der Waals surface area contributed by atoms with Crippen molar-refractivity contribution in [2.24, 2.45) is 10.4 Å². The van der Waals surface area contributed by atoms with Gasteiger partial charge in [0, 0.05) is 38.9 Å². The van der Waals surface area contributed by atoms with Gasteiger partial charge in [0.2, 0.25) is 11.8 Å². The number of hydrogen-bond donors (Lipinski definition) is 2. The molecule has 0 bridgehead atoms. The number of ether oxygens (including phenoxy) is 1. The molecule has 2 saturated carbocycles. The van der Waals surface area contributed by atoms with E-state index in [1.54, 1.807) is 11.1 Å². The van der Waals surface area contributed by atoms with Crippen molar-refractivity contribution >= 4 is 35.8 Å². The summed E-state index contributed by atoms with van der Waals surface area (Å²) in [5.41, 5.74) is 0.659. The molecule has 0 unspecified atom stereocenters. The average Bonchev–Trinajstić information content (AvgIpc) is 3.43. The summed E-state index contributed by atoms with van der Waals surface area (Å²) in [7, 11) is 3.69. The van der Waals surface area contributed by atoms with Crippen LogP contribution in [0.25, 0.3) is 0 Å². The maximum absolute atomic E-state index is 12.8. The van der Waals surface area contributed by atoms with Crippen LogP contribution >= 0.6 is 24.0 Å². The molecule has 2 fully saturated rings. The normalized spacial score (nSPS) is 18.4. The first-order valence-corrected chi connectivity index (χ1v) is 11.4. The number of aromatic nitrogens is 1. The molecule has 0 aliphatic heterocycles. The van der Waals surface area contributed by atoms with Gasteiger partial charge in [-0.1, -0.05) is 18.9 Å². The standard InChI is InChI=1S/C23H37N5O2.HI/c1-4-24-22(27-17-23(13-7-8-14-23)21(29)28(2)3)26-16-18-10-9-15-25-20(18)30-19-11-5-6-12-19;/h9-10,15,19H,4-8,11-14,16-17H2,1-3H3,(H2,24,26,27);1H. The van der Waals surface area contributed by atoms with Crippen LogP contribution in [0.3, 0.4) is 0 Å². The Kier molecular flexibility index (Phi) is 10.3. The van der Waals surface area contributed by atoms with Crippen LogP contribution in [0.1, 0.15) is 63.9 Å². The molecule has 0 atom stereocenters. The van der Waals surface area contributed by atoms with Gasteiger partial charge in [-0.15, -0.1) is 24.0 Å². The Bertz CT molecular complexity index is 728. The summed E-state index contributed by atoms with van der Waals surface area (Å²) in [5, 5.41) is 6.74. The van der Waals surface area contributed by atoms with Crippen LogP contribution in [-0.4, -0.2) is 55.0 Å². The lowest BCUT2D eigenvalue weighted by Gasteiger charge is -2.31. The predicted molar refractivity (Wildman–Crippen MR) is 135 cm³/mol. The minimum absolute atomic E-state index is 0. The Morgan fingerprint density at radius 2 is 1.94 bits per heavy atom. The molecular weight excluding hydrogens is 505 g/mol. The smallest absolute Gasteiger partial charge is 0.230 e. The van der Waals surface area contributed by atoms with Crippen LogP contribution < -0.4 is 15.4 Å². The summed E-state index contributed by atoms with van der Waals surface area (Å²) in [6.07, 6.45) is 10.8. The van der Waals surface area contributed by atoms with Crippen molar-refractivity contribution in [1.29, 1.82) is 0 Å². The zero-order valence-corrected chi connectivity index (χ0v) is 21.5.